The van der Waals surface area contributed by atoms with Crippen LogP contribution in [-0.4, -0.2) is 25.4 Å². The van der Waals surface area contributed by atoms with E-state index in [-0.39, 0.29) is 35.3 Å². The molecule has 0 unspecified atom stereocenters. The Morgan fingerprint density at radius 2 is 1.60 bits per heavy atom. The normalized spacial score (nSPS) is 10.9. The molecule has 178 valence electrons. The lowest BCUT2D eigenvalue weighted by Crippen LogP contribution is -2.40. The summed E-state index contributed by atoms with van der Waals surface area (Å²) in [6.45, 7) is 3.78. The topological polar surface area (TPSA) is 114 Å². The molecule has 1 amide bonds. The van der Waals surface area contributed by atoms with Crippen LogP contribution in [0.1, 0.15) is 16.7 Å². The largest absolute Gasteiger partial charge is 0.508 e. The van der Waals surface area contributed by atoms with Crippen molar-refractivity contribution in [1.29, 1.82) is 0 Å². The van der Waals surface area contributed by atoms with Crippen LogP contribution in [-0.2, 0) is 24.3 Å². The lowest BCUT2D eigenvalue weighted by molar-refractivity contribution is -0.123. The molecule has 0 aliphatic heterocycles. The summed E-state index contributed by atoms with van der Waals surface area (Å²) in [6, 6.07) is 16.8. The molecule has 1 heterocycles. The maximum atomic E-state index is 14.1. The van der Waals surface area contributed by atoms with E-state index in [1.54, 1.807) is 36.4 Å². The first kappa shape index (κ1) is 23.7. The highest BCUT2D eigenvalue weighted by Crippen LogP contribution is 2.17. The smallest absolute Gasteiger partial charge is 0.331 e. The number of hydroxylamine groups is 1. The number of rotatable bonds is 7. The number of amides is 1. The highest BCUT2D eigenvalue weighted by molar-refractivity contribution is 6.18. The number of carbonyl (C=O) groups is 1. The maximum absolute atomic E-state index is 14.1. The molecular weight excluding hydrogens is 453 g/mol. The number of nitrogens with one attached hydrogen (secondary N) is 1. The number of hydrogen-bond donors (Lipinski definition) is 3. The SMILES string of the molecule is C=C(C(=O)NO)c1ccc(Cn2c(=O)n(CCc3ccc(O)cc3)c(=O)c3ccc(F)cc32)cc1. The molecule has 4 aromatic rings. The Balaban J connectivity index is 1.73. The number of aromatic hydroxyl groups is 1. The van der Waals surface area contributed by atoms with Crippen molar-refractivity contribution >= 4 is 22.4 Å². The van der Waals surface area contributed by atoms with Crippen LogP contribution in [0.3, 0.4) is 0 Å². The van der Waals surface area contributed by atoms with Gasteiger partial charge in [0.1, 0.15) is 11.6 Å². The van der Waals surface area contributed by atoms with Gasteiger partial charge in [0, 0.05) is 12.1 Å². The molecule has 0 aliphatic carbocycles. The Morgan fingerprint density at radius 3 is 2.26 bits per heavy atom. The summed E-state index contributed by atoms with van der Waals surface area (Å²) in [5.74, 6) is -1.20. The molecule has 0 aliphatic rings. The highest BCUT2D eigenvalue weighted by Gasteiger charge is 2.15. The zero-order valence-electron chi connectivity index (χ0n) is 18.6. The van der Waals surface area contributed by atoms with Gasteiger partial charge in [-0.3, -0.25) is 23.9 Å². The Morgan fingerprint density at radius 1 is 0.943 bits per heavy atom. The third kappa shape index (κ3) is 4.90. The van der Waals surface area contributed by atoms with Crippen molar-refractivity contribution in [2.24, 2.45) is 0 Å². The zero-order chi connectivity index (χ0) is 25.1. The lowest BCUT2D eigenvalue weighted by atomic mass is 10.0. The Bertz CT molecular complexity index is 1540. The molecule has 0 radical (unpaired) electrons. The van der Waals surface area contributed by atoms with Gasteiger partial charge in [0.15, 0.2) is 0 Å². The first-order valence-corrected chi connectivity index (χ1v) is 10.7. The van der Waals surface area contributed by atoms with Crippen LogP contribution in [0, 0.1) is 5.82 Å². The third-order valence-electron chi connectivity index (χ3n) is 5.77. The van der Waals surface area contributed by atoms with Crippen molar-refractivity contribution in [3.05, 3.63) is 117 Å². The van der Waals surface area contributed by atoms with E-state index in [4.69, 9.17) is 5.21 Å². The number of phenolic OH excluding ortho intramolecular Hbond substituents is 1. The molecule has 0 bridgehead atoms. The molecule has 0 fully saturated rings. The van der Waals surface area contributed by atoms with Gasteiger partial charge in [-0.05, 0) is 53.4 Å². The van der Waals surface area contributed by atoms with Crippen LogP contribution in [0.2, 0.25) is 0 Å². The Hall–Kier alpha value is -4.50. The standard InChI is InChI=1S/C26H22FN3O5/c1-16(24(32)28-35)19-6-2-18(3-7-19)15-30-23-14-20(27)8-11-22(23)25(33)29(26(30)34)13-12-17-4-9-21(31)10-5-17/h2-11,14,31,35H,1,12-13,15H2,(H,28,32). The minimum atomic E-state index is -0.740. The van der Waals surface area contributed by atoms with Gasteiger partial charge in [-0.1, -0.05) is 43.0 Å². The second-order valence-electron chi connectivity index (χ2n) is 8.02. The van der Waals surface area contributed by atoms with Crippen LogP contribution in [0.15, 0.2) is 82.9 Å². The predicted octanol–water partition coefficient (Wildman–Crippen LogP) is 2.82. The second kappa shape index (κ2) is 9.78. The summed E-state index contributed by atoms with van der Waals surface area (Å²) < 4.78 is 16.5. The van der Waals surface area contributed by atoms with Crippen LogP contribution < -0.4 is 16.7 Å². The van der Waals surface area contributed by atoms with Gasteiger partial charge in [-0.15, -0.1) is 0 Å². The fraction of sp³-hybridized carbons (Fsp3) is 0.115. The average Bonchev–Trinajstić information content (AvgIpc) is 2.87. The summed E-state index contributed by atoms with van der Waals surface area (Å²) in [4.78, 5) is 38.0. The van der Waals surface area contributed by atoms with E-state index in [9.17, 15) is 23.9 Å². The maximum Gasteiger partial charge on any atom is 0.331 e. The zero-order valence-corrected chi connectivity index (χ0v) is 18.6. The molecule has 0 spiro atoms. The van der Waals surface area contributed by atoms with E-state index < -0.39 is 23.0 Å². The Kier molecular flexibility index (Phi) is 6.61. The summed E-state index contributed by atoms with van der Waals surface area (Å²) >= 11 is 0. The van der Waals surface area contributed by atoms with E-state index in [0.717, 1.165) is 16.2 Å². The Labute approximate surface area is 198 Å². The predicted molar refractivity (Wildman–Crippen MR) is 129 cm³/mol. The van der Waals surface area contributed by atoms with E-state index in [1.807, 2.05) is 0 Å². The minimum Gasteiger partial charge on any atom is -0.508 e. The van der Waals surface area contributed by atoms with Gasteiger partial charge < -0.3 is 5.11 Å². The molecule has 0 atom stereocenters. The van der Waals surface area contributed by atoms with Gasteiger partial charge in [0.25, 0.3) is 11.5 Å². The molecule has 8 nitrogen and oxygen atoms in total. The quantitative estimate of drug-likeness (QED) is 0.216. The van der Waals surface area contributed by atoms with E-state index in [2.05, 4.69) is 6.58 Å². The molecule has 3 aromatic carbocycles. The number of carbonyl (C=O) groups excluding carboxylic acids is 1. The van der Waals surface area contributed by atoms with E-state index >= 15 is 0 Å². The number of phenols is 1. The van der Waals surface area contributed by atoms with Gasteiger partial charge in [-0.2, -0.15) is 0 Å². The van der Waals surface area contributed by atoms with Crippen molar-refractivity contribution in [1.82, 2.24) is 14.6 Å². The van der Waals surface area contributed by atoms with Crippen molar-refractivity contribution in [3.8, 4) is 5.75 Å². The average molecular weight is 475 g/mol. The highest BCUT2D eigenvalue weighted by atomic mass is 19.1. The van der Waals surface area contributed by atoms with Crippen LogP contribution in [0.5, 0.6) is 5.75 Å². The number of aryl methyl sites for hydroxylation is 1. The summed E-state index contributed by atoms with van der Waals surface area (Å²) in [5, 5.41) is 18.4. The van der Waals surface area contributed by atoms with E-state index in [0.29, 0.717) is 17.5 Å². The van der Waals surface area contributed by atoms with Gasteiger partial charge >= 0.3 is 5.69 Å². The van der Waals surface area contributed by atoms with Crippen molar-refractivity contribution < 1.29 is 19.5 Å². The first-order chi connectivity index (χ1) is 16.8. The summed E-state index contributed by atoms with van der Waals surface area (Å²) in [5.41, 5.74) is 2.64. The first-order valence-electron chi connectivity index (χ1n) is 10.7. The van der Waals surface area contributed by atoms with Crippen LogP contribution in [0.4, 0.5) is 4.39 Å². The molecule has 4 rings (SSSR count). The number of benzene rings is 3. The van der Waals surface area contributed by atoms with Crippen molar-refractivity contribution in [3.63, 3.8) is 0 Å². The third-order valence-corrected chi connectivity index (χ3v) is 5.77. The molecule has 3 N–H and O–H groups in total. The second-order valence-corrected chi connectivity index (χ2v) is 8.02. The molecule has 0 saturated carbocycles. The summed E-state index contributed by atoms with van der Waals surface area (Å²) in [7, 11) is 0. The number of fused-ring (bicyclic) bond motifs is 1. The molecule has 1 aromatic heterocycles. The minimum absolute atomic E-state index is 0.0528. The molecule has 35 heavy (non-hydrogen) atoms. The number of hydrogen-bond acceptors (Lipinski definition) is 5. The lowest BCUT2D eigenvalue weighted by Gasteiger charge is -2.15. The fourth-order valence-electron chi connectivity index (χ4n) is 3.84. The summed E-state index contributed by atoms with van der Waals surface area (Å²) in [6.07, 6.45) is 0.381. The van der Waals surface area contributed by atoms with E-state index in [1.165, 1.54) is 34.3 Å². The van der Waals surface area contributed by atoms with Gasteiger partial charge in [0.05, 0.1) is 17.4 Å². The fourth-order valence-corrected chi connectivity index (χ4v) is 3.84. The number of halogens is 1. The van der Waals surface area contributed by atoms with Crippen molar-refractivity contribution in [2.45, 2.75) is 19.5 Å². The number of aromatic nitrogens is 2. The van der Waals surface area contributed by atoms with Gasteiger partial charge in [-0.25, -0.2) is 14.7 Å². The molecular formula is C26H22FN3O5. The molecule has 0 saturated heterocycles. The monoisotopic (exact) mass is 475 g/mol. The van der Waals surface area contributed by atoms with Crippen LogP contribution >= 0.6 is 0 Å². The molecule has 9 heteroatoms. The number of nitrogens with zero attached hydrogens (tertiary/aromatic N) is 2. The van der Waals surface area contributed by atoms with Crippen LogP contribution in [0.25, 0.3) is 16.5 Å². The van der Waals surface area contributed by atoms with Crippen molar-refractivity contribution in [2.75, 3.05) is 0 Å². The van der Waals surface area contributed by atoms with Gasteiger partial charge in [0.2, 0.25) is 0 Å².